The van der Waals surface area contributed by atoms with Crippen molar-refractivity contribution >= 4 is 27.4 Å². The minimum Gasteiger partial charge on any atom is -0.492 e. The van der Waals surface area contributed by atoms with E-state index in [9.17, 15) is 18.0 Å². The number of anilines is 1. The number of aromatic nitrogens is 1. The summed E-state index contributed by atoms with van der Waals surface area (Å²) in [5.41, 5.74) is 2.45. The van der Waals surface area contributed by atoms with Gasteiger partial charge in [0.05, 0.1) is 6.61 Å². The summed E-state index contributed by atoms with van der Waals surface area (Å²) >= 11 is 0. The summed E-state index contributed by atoms with van der Waals surface area (Å²) in [6.07, 6.45) is 1.11. The lowest BCUT2D eigenvalue weighted by atomic mass is 9.75. The van der Waals surface area contributed by atoms with Gasteiger partial charge in [-0.15, -0.1) is 0 Å². The Morgan fingerprint density at radius 2 is 1.85 bits per heavy atom. The minimum atomic E-state index is -3.80. The van der Waals surface area contributed by atoms with Crippen molar-refractivity contribution in [1.82, 2.24) is 9.29 Å². The number of nitrogens with one attached hydrogen (secondary N) is 2. The van der Waals surface area contributed by atoms with Gasteiger partial charge >= 0.3 is 0 Å². The number of H-pyrrole nitrogens is 1. The van der Waals surface area contributed by atoms with Crippen LogP contribution in [0.2, 0.25) is 0 Å². The van der Waals surface area contributed by atoms with E-state index in [0.717, 1.165) is 5.69 Å². The highest BCUT2D eigenvalue weighted by Gasteiger charge is 2.35. The van der Waals surface area contributed by atoms with Gasteiger partial charge in [-0.2, -0.15) is 4.31 Å². The zero-order valence-corrected chi connectivity index (χ0v) is 21.0. The molecule has 8 nitrogen and oxygen atoms in total. The molecule has 0 spiro atoms. The third-order valence-corrected chi connectivity index (χ3v) is 8.02. The van der Waals surface area contributed by atoms with Crippen LogP contribution in [-0.4, -0.2) is 49.1 Å². The lowest BCUT2D eigenvalue weighted by molar-refractivity contribution is 0.0910. The van der Waals surface area contributed by atoms with Crippen molar-refractivity contribution < 1.29 is 22.7 Å². The van der Waals surface area contributed by atoms with Gasteiger partial charge in [0.1, 0.15) is 16.3 Å². The lowest BCUT2D eigenvalue weighted by Gasteiger charge is -2.28. The highest BCUT2D eigenvalue weighted by Crippen LogP contribution is 2.37. The number of carbonyl (C=O) groups excluding carboxylic acids is 2. The van der Waals surface area contributed by atoms with Crippen LogP contribution in [0.25, 0.3) is 0 Å². The number of fused-ring (bicyclic) bond motifs is 1. The molecule has 3 rings (SSSR count). The van der Waals surface area contributed by atoms with E-state index in [0.29, 0.717) is 55.0 Å². The van der Waals surface area contributed by atoms with Gasteiger partial charge in [0.25, 0.3) is 5.91 Å². The van der Waals surface area contributed by atoms with Crippen LogP contribution in [0.15, 0.2) is 23.1 Å². The summed E-state index contributed by atoms with van der Waals surface area (Å²) in [5, 5.41) is 2.78. The van der Waals surface area contributed by atoms with Gasteiger partial charge < -0.3 is 15.0 Å². The fourth-order valence-corrected chi connectivity index (χ4v) is 6.03. The molecule has 9 heteroatoms. The molecule has 1 aromatic carbocycles. The summed E-state index contributed by atoms with van der Waals surface area (Å²) in [7, 11) is -3.80. The largest absolute Gasteiger partial charge is 0.492 e. The maximum Gasteiger partial charge on any atom is 0.272 e. The molecular formula is C24H33N3O5S. The molecule has 2 aromatic rings. The summed E-state index contributed by atoms with van der Waals surface area (Å²) < 4.78 is 33.2. The molecule has 180 valence electrons. The second-order valence-electron chi connectivity index (χ2n) is 9.06. The smallest absolute Gasteiger partial charge is 0.272 e. The molecule has 1 aliphatic rings. The van der Waals surface area contributed by atoms with E-state index in [2.05, 4.69) is 10.3 Å². The number of carbonyl (C=O) groups is 2. The molecule has 1 aromatic heterocycles. The number of nitrogens with zero attached hydrogens (tertiary/aromatic N) is 1. The van der Waals surface area contributed by atoms with E-state index in [-0.39, 0.29) is 21.8 Å². The number of aromatic amines is 1. The SMILES string of the molecule is CCOc1ccc(NC(=O)c2[nH]c3c(c2C)C(=O)CC(C)(C)C3)cc1S(=O)(=O)N(CC)CC. The first-order chi connectivity index (χ1) is 15.4. The number of ketones is 1. The van der Waals surface area contributed by atoms with Gasteiger partial charge in [-0.3, -0.25) is 9.59 Å². The Morgan fingerprint density at radius 1 is 1.18 bits per heavy atom. The van der Waals surface area contributed by atoms with Crippen LogP contribution in [0, 0.1) is 12.3 Å². The van der Waals surface area contributed by atoms with Crippen molar-refractivity contribution in [1.29, 1.82) is 0 Å². The Labute approximate surface area is 195 Å². The second-order valence-corrected chi connectivity index (χ2v) is 11.0. The van der Waals surface area contributed by atoms with Gasteiger partial charge in [0, 0.05) is 36.5 Å². The van der Waals surface area contributed by atoms with Crippen molar-refractivity contribution in [3.05, 3.63) is 40.7 Å². The van der Waals surface area contributed by atoms with E-state index < -0.39 is 15.9 Å². The van der Waals surface area contributed by atoms with E-state index in [1.54, 1.807) is 39.8 Å². The van der Waals surface area contributed by atoms with Crippen LogP contribution in [0.4, 0.5) is 5.69 Å². The molecule has 1 heterocycles. The molecule has 0 saturated heterocycles. The Bertz CT molecular complexity index is 1180. The van der Waals surface area contributed by atoms with Crippen molar-refractivity contribution in [2.75, 3.05) is 25.0 Å². The number of rotatable bonds is 8. The van der Waals surface area contributed by atoms with Crippen molar-refractivity contribution in [3.63, 3.8) is 0 Å². The number of amides is 1. The standard InChI is InChI=1S/C24H33N3O5S/c1-7-27(8-2)33(30,31)20-12-16(10-11-19(20)32-9-3)25-23(29)22-15(4)21-17(26-22)13-24(5,6)14-18(21)28/h10-12,26H,7-9,13-14H2,1-6H3,(H,25,29). The first-order valence-electron chi connectivity index (χ1n) is 11.3. The maximum atomic E-state index is 13.2. The molecule has 0 radical (unpaired) electrons. The Hall–Kier alpha value is -2.65. The summed E-state index contributed by atoms with van der Waals surface area (Å²) in [6.45, 7) is 12.1. The molecule has 0 aliphatic heterocycles. The van der Waals surface area contributed by atoms with Crippen LogP contribution in [0.5, 0.6) is 5.75 Å². The molecule has 33 heavy (non-hydrogen) atoms. The van der Waals surface area contributed by atoms with E-state index in [1.807, 2.05) is 13.8 Å². The zero-order valence-electron chi connectivity index (χ0n) is 20.2. The minimum absolute atomic E-state index is 0.00489. The molecule has 0 saturated carbocycles. The fourth-order valence-electron chi connectivity index (χ4n) is 4.42. The Morgan fingerprint density at radius 3 is 2.45 bits per heavy atom. The molecule has 1 aliphatic carbocycles. The van der Waals surface area contributed by atoms with Gasteiger partial charge in [0.2, 0.25) is 10.0 Å². The predicted molar refractivity (Wildman–Crippen MR) is 128 cm³/mol. The molecule has 0 bridgehead atoms. The second kappa shape index (κ2) is 9.30. The first-order valence-corrected chi connectivity index (χ1v) is 12.7. The summed E-state index contributed by atoms with van der Waals surface area (Å²) in [6, 6.07) is 4.58. The first kappa shape index (κ1) is 25.0. The average molecular weight is 476 g/mol. The number of hydrogen-bond acceptors (Lipinski definition) is 5. The van der Waals surface area contributed by atoms with Gasteiger partial charge in [0.15, 0.2) is 5.78 Å². The van der Waals surface area contributed by atoms with Crippen molar-refractivity contribution in [2.24, 2.45) is 5.41 Å². The van der Waals surface area contributed by atoms with E-state index in [4.69, 9.17) is 4.74 Å². The van der Waals surface area contributed by atoms with E-state index in [1.165, 1.54) is 10.4 Å². The van der Waals surface area contributed by atoms with Crippen LogP contribution in [0.3, 0.4) is 0 Å². The van der Waals surface area contributed by atoms with Crippen LogP contribution >= 0.6 is 0 Å². The normalized spacial score (nSPS) is 15.4. The fraction of sp³-hybridized carbons (Fsp3) is 0.500. The lowest BCUT2D eigenvalue weighted by Crippen LogP contribution is -2.31. The topological polar surface area (TPSA) is 109 Å². The van der Waals surface area contributed by atoms with Crippen LogP contribution in [-0.2, 0) is 16.4 Å². The molecule has 1 amide bonds. The Balaban J connectivity index is 1.97. The maximum absolute atomic E-state index is 13.2. The summed E-state index contributed by atoms with van der Waals surface area (Å²) in [4.78, 5) is 28.9. The monoisotopic (exact) mass is 475 g/mol. The highest BCUT2D eigenvalue weighted by molar-refractivity contribution is 7.89. The predicted octanol–water partition coefficient (Wildman–Crippen LogP) is 4.16. The Kier molecular flexibility index (Phi) is 7.04. The van der Waals surface area contributed by atoms with Crippen LogP contribution < -0.4 is 10.1 Å². The molecular weight excluding hydrogens is 442 g/mol. The highest BCUT2D eigenvalue weighted by atomic mass is 32.2. The van der Waals surface area contributed by atoms with Crippen molar-refractivity contribution in [3.8, 4) is 5.75 Å². The number of ether oxygens (including phenoxy) is 1. The molecule has 0 fully saturated rings. The van der Waals surface area contributed by atoms with Crippen molar-refractivity contribution in [2.45, 2.75) is 59.3 Å². The van der Waals surface area contributed by atoms with Gasteiger partial charge in [-0.1, -0.05) is 27.7 Å². The number of Topliss-reactive ketones (excluding diaryl/α,β-unsaturated/α-hetero) is 1. The molecule has 0 unspecified atom stereocenters. The third kappa shape index (κ3) is 4.84. The summed E-state index contributed by atoms with van der Waals surface area (Å²) in [5.74, 6) is -0.160. The quantitative estimate of drug-likeness (QED) is 0.596. The van der Waals surface area contributed by atoms with Gasteiger partial charge in [-0.25, -0.2) is 8.42 Å². The molecule has 2 N–H and O–H groups in total. The van der Waals surface area contributed by atoms with E-state index >= 15 is 0 Å². The third-order valence-electron chi connectivity index (χ3n) is 5.95. The molecule has 0 atom stereocenters. The number of benzene rings is 1. The number of sulfonamides is 1. The average Bonchev–Trinajstić information content (AvgIpc) is 3.05. The number of hydrogen-bond donors (Lipinski definition) is 2. The van der Waals surface area contributed by atoms with Crippen LogP contribution in [0.1, 0.15) is 73.1 Å². The van der Waals surface area contributed by atoms with Gasteiger partial charge in [-0.05, 0) is 49.4 Å². The zero-order chi connectivity index (χ0) is 24.6.